The molecule has 0 aromatic carbocycles. The van der Waals surface area contributed by atoms with E-state index in [9.17, 15) is 4.79 Å². The molecular weight excluding hydrogens is 266 g/mol. The Morgan fingerprint density at radius 1 is 1.19 bits per heavy atom. The molecule has 2 aromatic rings. The average molecular weight is 285 g/mol. The summed E-state index contributed by atoms with van der Waals surface area (Å²) in [5.74, 6) is 0.176. The van der Waals surface area contributed by atoms with Crippen molar-refractivity contribution >= 4 is 5.97 Å². The minimum Gasteiger partial charge on any atom is -0.462 e. The molecule has 0 unspecified atom stereocenters. The molecule has 0 bridgehead atoms. The molecule has 0 aliphatic carbocycles. The van der Waals surface area contributed by atoms with Crippen molar-refractivity contribution < 1.29 is 9.53 Å². The number of aryl methyl sites for hydroxylation is 2. The Hall–Kier alpha value is -2.30. The number of esters is 1. The zero-order chi connectivity index (χ0) is 15.2. The molecule has 5 heteroatoms. The number of ether oxygens (including phenoxy) is 1. The van der Waals surface area contributed by atoms with Gasteiger partial charge in [0.1, 0.15) is 5.69 Å². The number of nitrogens with zero attached hydrogens (tertiary/aromatic N) is 3. The SMILES string of the molecule is CCOC(=O)c1cnc(-c2ncccc2CC)nc1CC. The van der Waals surface area contributed by atoms with E-state index in [0.717, 1.165) is 17.7 Å². The fraction of sp³-hybridized carbons (Fsp3) is 0.375. The van der Waals surface area contributed by atoms with Crippen molar-refractivity contribution in [2.24, 2.45) is 0 Å². The van der Waals surface area contributed by atoms with Crippen LogP contribution in [0.4, 0.5) is 0 Å². The van der Waals surface area contributed by atoms with Gasteiger partial charge in [0, 0.05) is 12.4 Å². The van der Waals surface area contributed by atoms with E-state index in [1.807, 2.05) is 19.1 Å². The molecule has 0 radical (unpaired) electrons. The monoisotopic (exact) mass is 285 g/mol. The van der Waals surface area contributed by atoms with E-state index >= 15 is 0 Å². The van der Waals surface area contributed by atoms with Gasteiger partial charge in [0.15, 0.2) is 5.82 Å². The fourth-order valence-electron chi connectivity index (χ4n) is 2.11. The van der Waals surface area contributed by atoms with E-state index in [-0.39, 0.29) is 5.97 Å². The van der Waals surface area contributed by atoms with Crippen LogP contribution in [0.2, 0.25) is 0 Å². The van der Waals surface area contributed by atoms with E-state index in [1.54, 1.807) is 13.1 Å². The van der Waals surface area contributed by atoms with Gasteiger partial charge in [-0.05, 0) is 31.4 Å². The van der Waals surface area contributed by atoms with E-state index in [0.29, 0.717) is 30.1 Å². The lowest BCUT2D eigenvalue weighted by molar-refractivity contribution is 0.0524. The minimum atomic E-state index is -0.377. The third kappa shape index (κ3) is 3.24. The Kier molecular flexibility index (Phi) is 4.98. The smallest absolute Gasteiger partial charge is 0.341 e. The molecule has 5 nitrogen and oxygen atoms in total. The summed E-state index contributed by atoms with van der Waals surface area (Å²) in [6.07, 6.45) is 4.75. The molecule has 0 fully saturated rings. The normalized spacial score (nSPS) is 10.4. The lowest BCUT2D eigenvalue weighted by atomic mass is 10.1. The molecular formula is C16H19N3O2. The van der Waals surface area contributed by atoms with Gasteiger partial charge in [-0.3, -0.25) is 4.98 Å². The number of hydrogen-bond donors (Lipinski definition) is 0. The van der Waals surface area contributed by atoms with Crippen LogP contribution in [0.25, 0.3) is 11.5 Å². The highest BCUT2D eigenvalue weighted by molar-refractivity contribution is 5.90. The Balaban J connectivity index is 2.46. The first-order valence-electron chi connectivity index (χ1n) is 7.18. The number of carbonyl (C=O) groups excluding carboxylic acids is 1. The van der Waals surface area contributed by atoms with Gasteiger partial charge in [0.2, 0.25) is 0 Å². The maximum Gasteiger partial charge on any atom is 0.341 e. The summed E-state index contributed by atoms with van der Waals surface area (Å²) in [4.78, 5) is 25.0. The number of hydrogen-bond acceptors (Lipinski definition) is 5. The molecule has 21 heavy (non-hydrogen) atoms. The standard InChI is InChI=1S/C16H19N3O2/c1-4-11-8-7-9-17-14(11)15-18-10-12(13(5-2)19-15)16(20)21-6-3/h7-10H,4-6H2,1-3H3. The molecule has 0 spiro atoms. The second-order valence-electron chi connectivity index (χ2n) is 4.49. The minimum absolute atomic E-state index is 0.337. The Morgan fingerprint density at radius 3 is 2.67 bits per heavy atom. The van der Waals surface area contributed by atoms with Crippen LogP contribution < -0.4 is 0 Å². The van der Waals surface area contributed by atoms with Crippen LogP contribution in [0.15, 0.2) is 24.5 Å². The number of rotatable bonds is 5. The van der Waals surface area contributed by atoms with E-state index in [1.165, 1.54) is 6.20 Å². The van der Waals surface area contributed by atoms with Crippen molar-refractivity contribution in [1.82, 2.24) is 15.0 Å². The van der Waals surface area contributed by atoms with E-state index in [4.69, 9.17) is 4.74 Å². The summed E-state index contributed by atoms with van der Waals surface area (Å²) in [5, 5.41) is 0. The van der Waals surface area contributed by atoms with Crippen molar-refractivity contribution in [2.75, 3.05) is 6.61 Å². The number of carbonyl (C=O) groups is 1. The Morgan fingerprint density at radius 2 is 2.00 bits per heavy atom. The predicted molar refractivity (Wildman–Crippen MR) is 80.0 cm³/mol. The lowest BCUT2D eigenvalue weighted by Gasteiger charge is -2.09. The van der Waals surface area contributed by atoms with Gasteiger partial charge in [-0.15, -0.1) is 0 Å². The highest BCUT2D eigenvalue weighted by Gasteiger charge is 2.16. The Labute approximate surface area is 124 Å². The molecule has 0 N–H and O–H groups in total. The number of aromatic nitrogens is 3. The van der Waals surface area contributed by atoms with Crippen LogP contribution in [0.3, 0.4) is 0 Å². The van der Waals surface area contributed by atoms with Crippen molar-refractivity contribution in [3.63, 3.8) is 0 Å². The number of pyridine rings is 1. The average Bonchev–Trinajstić information content (AvgIpc) is 2.54. The molecule has 2 rings (SSSR count). The van der Waals surface area contributed by atoms with Gasteiger partial charge in [-0.2, -0.15) is 0 Å². The molecule has 2 heterocycles. The molecule has 0 aliphatic heterocycles. The summed E-state index contributed by atoms with van der Waals surface area (Å²) in [6, 6.07) is 3.91. The maximum atomic E-state index is 11.9. The van der Waals surface area contributed by atoms with Crippen molar-refractivity contribution in [1.29, 1.82) is 0 Å². The van der Waals surface area contributed by atoms with Gasteiger partial charge in [0.25, 0.3) is 0 Å². The maximum absolute atomic E-state index is 11.9. The van der Waals surface area contributed by atoms with Gasteiger partial charge >= 0.3 is 5.97 Å². The first kappa shape index (κ1) is 15.1. The van der Waals surface area contributed by atoms with E-state index < -0.39 is 0 Å². The summed E-state index contributed by atoms with van der Waals surface area (Å²) in [5.41, 5.74) is 2.97. The lowest BCUT2D eigenvalue weighted by Crippen LogP contribution is -2.11. The molecule has 0 aliphatic rings. The highest BCUT2D eigenvalue weighted by atomic mass is 16.5. The molecule has 110 valence electrons. The Bertz CT molecular complexity index is 641. The quantitative estimate of drug-likeness (QED) is 0.790. The van der Waals surface area contributed by atoms with E-state index in [2.05, 4.69) is 21.9 Å². The topological polar surface area (TPSA) is 65.0 Å². The highest BCUT2D eigenvalue weighted by Crippen LogP contribution is 2.19. The van der Waals surface area contributed by atoms with Crippen LogP contribution in [0, 0.1) is 0 Å². The molecule has 0 atom stereocenters. The first-order valence-corrected chi connectivity index (χ1v) is 7.18. The molecule has 0 saturated heterocycles. The summed E-state index contributed by atoms with van der Waals surface area (Å²) in [6.45, 7) is 6.13. The molecule has 0 saturated carbocycles. The molecule has 2 aromatic heterocycles. The first-order chi connectivity index (χ1) is 10.2. The summed E-state index contributed by atoms with van der Waals surface area (Å²) < 4.78 is 5.03. The fourth-order valence-corrected chi connectivity index (χ4v) is 2.11. The van der Waals surface area contributed by atoms with Crippen LogP contribution in [-0.4, -0.2) is 27.5 Å². The van der Waals surface area contributed by atoms with Gasteiger partial charge in [-0.1, -0.05) is 19.9 Å². The van der Waals surface area contributed by atoms with Crippen LogP contribution in [-0.2, 0) is 17.6 Å². The van der Waals surface area contributed by atoms with Crippen LogP contribution in [0.1, 0.15) is 42.4 Å². The third-order valence-corrected chi connectivity index (χ3v) is 3.18. The second-order valence-corrected chi connectivity index (χ2v) is 4.49. The third-order valence-electron chi connectivity index (χ3n) is 3.18. The predicted octanol–water partition coefficient (Wildman–Crippen LogP) is 2.84. The summed E-state index contributed by atoms with van der Waals surface area (Å²) >= 11 is 0. The summed E-state index contributed by atoms with van der Waals surface area (Å²) in [7, 11) is 0. The van der Waals surface area contributed by atoms with Gasteiger partial charge < -0.3 is 4.74 Å². The van der Waals surface area contributed by atoms with Crippen LogP contribution in [0.5, 0.6) is 0 Å². The van der Waals surface area contributed by atoms with Crippen molar-refractivity contribution in [3.8, 4) is 11.5 Å². The van der Waals surface area contributed by atoms with Gasteiger partial charge in [-0.25, -0.2) is 14.8 Å². The zero-order valence-corrected chi connectivity index (χ0v) is 12.6. The van der Waals surface area contributed by atoms with Gasteiger partial charge in [0.05, 0.1) is 17.9 Å². The van der Waals surface area contributed by atoms with Crippen molar-refractivity contribution in [2.45, 2.75) is 33.6 Å². The second kappa shape index (κ2) is 6.92. The zero-order valence-electron chi connectivity index (χ0n) is 12.6. The largest absolute Gasteiger partial charge is 0.462 e. The van der Waals surface area contributed by atoms with Crippen LogP contribution >= 0.6 is 0 Å². The molecule has 0 amide bonds. The van der Waals surface area contributed by atoms with Crippen molar-refractivity contribution in [3.05, 3.63) is 41.3 Å².